The summed E-state index contributed by atoms with van der Waals surface area (Å²) >= 11 is 5.59. The van der Waals surface area contributed by atoms with Crippen molar-refractivity contribution in [3.05, 3.63) is 23.5 Å². The van der Waals surface area contributed by atoms with Gasteiger partial charge < -0.3 is 5.32 Å². The van der Waals surface area contributed by atoms with Gasteiger partial charge in [0.1, 0.15) is 0 Å². The van der Waals surface area contributed by atoms with Crippen molar-refractivity contribution in [2.24, 2.45) is 0 Å². The van der Waals surface area contributed by atoms with Gasteiger partial charge >= 0.3 is 6.18 Å². The highest BCUT2D eigenvalue weighted by Gasteiger charge is 2.25. The number of hydrogen-bond donors (Lipinski definition) is 1. The van der Waals surface area contributed by atoms with E-state index in [4.69, 9.17) is 11.6 Å². The van der Waals surface area contributed by atoms with Crippen LogP contribution in [0.3, 0.4) is 0 Å². The molecule has 1 heterocycles. The average Bonchev–Trinajstić information content (AvgIpc) is 2.01. The monoisotopic (exact) mass is 224 g/mol. The van der Waals surface area contributed by atoms with Crippen LogP contribution in [-0.2, 0) is 0 Å². The number of nitrogens with one attached hydrogen (secondary N) is 1. The third-order valence-electron chi connectivity index (χ3n) is 1.44. The molecule has 0 aliphatic rings. The SMILES string of the molecule is FC(F)(F)CCNc1cncc(Cl)c1. The van der Waals surface area contributed by atoms with E-state index in [1.807, 2.05) is 0 Å². The lowest BCUT2D eigenvalue weighted by Crippen LogP contribution is -2.14. The van der Waals surface area contributed by atoms with E-state index in [1.165, 1.54) is 18.5 Å². The first kappa shape index (κ1) is 11.1. The molecule has 0 saturated carbocycles. The molecule has 0 aliphatic heterocycles. The fourth-order valence-electron chi connectivity index (χ4n) is 0.857. The van der Waals surface area contributed by atoms with Gasteiger partial charge in [0.2, 0.25) is 0 Å². The van der Waals surface area contributed by atoms with Crippen molar-refractivity contribution in [3.63, 3.8) is 0 Å². The van der Waals surface area contributed by atoms with Gasteiger partial charge in [0.15, 0.2) is 0 Å². The molecule has 0 bridgehead atoms. The molecule has 0 spiro atoms. The van der Waals surface area contributed by atoms with Gasteiger partial charge in [-0.15, -0.1) is 0 Å². The first-order valence-corrected chi connectivity index (χ1v) is 4.26. The fourth-order valence-corrected chi connectivity index (χ4v) is 1.03. The average molecular weight is 225 g/mol. The second kappa shape index (κ2) is 4.50. The molecule has 0 radical (unpaired) electrons. The van der Waals surface area contributed by atoms with Crippen molar-refractivity contribution in [2.45, 2.75) is 12.6 Å². The third kappa shape index (κ3) is 4.32. The van der Waals surface area contributed by atoms with E-state index in [-0.39, 0.29) is 6.54 Å². The van der Waals surface area contributed by atoms with Gasteiger partial charge in [0.25, 0.3) is 0 Å². The lowest BCUT2D eigenvalue weighted by molar-refractivity contribution is -0.131. The number of nitrogens with zero attached hydrogens (tertiary/aromatic N) is 1. The van der Waals surface area contributed by atoms with Crippen LogP contribution in [0.1, 0.15) is 6.42 Å². The van der Waals surface area contributed by atoms with Gasteiger partial charge in [-0.3, -0.25) is 4.98 Å². The second-order valence-corrected chi connectivity index (χ2v) is 3.12. The lowest BCUT2D eigenvalue weighted by Gasteiger charge is -2.08. The molecule has 78 valence electrons. The molecule has 0 aliphatic carbocycles. The summed E-state index contributed by atoms with van der Waals surface area (Å²) in [5.41, 5.74) is 0.488. The molecule has 0 unspecified atom stereocenters. The van der Waals surface area contributed by atoms with E-state index in [0.29, 0.717) is 10.7 Å². The van der Waals surface area contributed by atoms with Crippen LogP contribution < -0.4 is 5.32 Å². The Morgan fingerprint density at radius 1 is 1.36 bits per heavy atom. The maximum absolute atomic E-state index is 11.8. The Labute approximate surface area is 84.1 Å². The summed E-state index contributed by atoms with van der Waals surface area (Å²) in [4.78, 5) is 3.72. The maximum atomic E-state index is 11.8. The van der Waals surface area contributed by atoms with Crippen LogP contribution in [0.15, 0.2) is 18.5 Å². The number of hydrogen-bond acceptors (Lipinski definition) is 2. The second-order valence-electron chi connectivity index (χ2n) is 2.68. The van der Waals surface area contributed by atoms with Gasteiger partial charge in [-0.1, -0.05) is 11.6 Å². The predicted octanol–water partition coefficient (Wildman–Crippen LogP) is 3.10. The molecule has 14 heavy (non-hydrogen) atoms. The van der Waals surface area contributed by atoms with Crippen molar-refractivity contribution < 1.29 is 13.2 Å². The Kier molecular flexibility index (Phi) is 3.57. The zero-order valence-electron chi connectivity index (χ0n) is 7.11. The van der Waals surface area contributed by atoms with Crippen molar-refractivity contribution in [2.75, 3.05) is 11.9 Å². The highest BCUT2D eigenvalue weighted by molar-refractivity contribution is 6.30. The van der Waals surface area contributed by atoms with Gasteiger partial charge in [-0.05, 0) is 6.07 Å². The summed E-state index contributed by atoms with van der Waals surface area (Å²) in [6, 6.07) is 1.52. The summed E-state index contributed by atoms with van der Waals surface area (Å²) in [7, 11) is 0. The molecule has 1 aromatic heterocycles. The minimum absolute atomic E-state index is 0.175. The maximum Gasteiger partial charge on any atom is 0.390 e. The number of pyridine rings is 1. The summed E-state index contributed by atoms with van der Waals surface area (Å²) in [6.45, 7) is -0.175. The van der Waals surface area contributed by atoms with Crippen molar-refractivity contribution in [3.8, 4) is 0 Å². The number of halogens is 4. The summed E-state index contributed by atoms with van der Waals surface area (Å²) in [5.74, 6) is 0. The predicted molar refractivity (Wildman–Crippen MR) is 48.4 cm³/mol. The van der Waals surface area contributed by atoms with Gasteiger partial charge in [-0.2, -0.15) is 13.2 Å². The van der Waals surface area contributed by atoms with E-state index < -0.39 is 12.6 Å². The number of rotatable bonds is 3. The van der Waals surface area contributed by atoms with E-state index in [2.05, 4.69) is 10.3 Å². The minimum Gasteiger partial charge on any atom is -0.383 e. The number of aromatic nitrogens is 1. The van der Waals surface area contributed by atoms with E-state index in [0.717, 1.165) is 0 Å². The Morgan fingerprint density at radius 3 is 2.64 bits per heavy atom. The topological polar surface area (TPSA) is 24.9 Å². The number of anilines is 1. The highest BCUT2D eigenvalue weighted by Crippen LogP contribution is 2.20. The Morgan fingerprint density at radius 2 is 2.07 bits per heavy atom. The molecule has 0 atom stereocenters. The number of alkyl halides is 3. The molecule has 6 heteroatoms. The molecule has 1 rings (SSSR count). The lowest BCUT2D eigenvalue weighted by atomic mass is 10.3. The summed E-state index contributed by atoms with van der Waals surface area (Å²) in [6.07, 6.45) is -2.18. The van der Waals surface area contributed by atoms with Crippen LogP contribution in [0, 0.1) is 0 Å². The largest absolute Gasteiger partial charge is 0.390 e. The van der Waals surface area contributed by atoms with Crippen molar-refractivity contribution >= 4 is 17.3 Å². The van der Waals surface area contributed by atoms with Gasteiger partial charge in [0.05, 0.1) is 23.3 Å². The molecule has 2 nitrogen and oxygen atoms in total. The molecule has 0 saturated heterocycles. The minimum atomic E-state index is -4.14. The van der Waals surface area contributed by atoms with E-state index in [1.54, 1.807) is 0 Å². The van der Waals surface area contributed by atoms with Crippen molar-refractivity contribution in [1.82, 2.24) is 4.98 Å². The molecule has 1 N–H and O–H groups in total. The van der Waals surface area contributed by atoms with Crippen molar-refractivity contribution in [1.29, 1.82) is 0 Å². The van der Waals surface area contributed by atoms with Crippen LogP contribution in [0.4, 0.5) is 18.9 Å². The highest BCUT2D eigenvalue weighted by atomic mass is 35.5. The first-order chi connectivity index (χ1) is 6.47. The quantitative estimate of drug-likeness (QED) is 0.854. The molecule has 0 fully saturated rings. The summed E-state index contributed by atoms with van der Waals surface area (Å²) in [5, 5.41) is 2.97. The normalized spacial score (nSPS) is 11.4. The van der Waals surface area contributed by atoms with Gasteiger partial charge in [0, 0.05) is 12.7 Å². The first-order valence-electron chi connectivity index (χ1n) is 3.88. The smallest absolute Gasteiger partial charge is 0.383 e. The van der Waals surface area contributed by atoms with Crippen LogP contribution in [0.2, 0.25) is 5.02 Å². The Balaban J connectivity index is 2.39. The zero-order valence-corrected chi connectivity index (χ0v) is 7.86. The standard InChI is InChI=1S/C8H8ClF3N2/c9-6-3-7(5-13-4-6)14-2-1-8(10,11)12/h3-5,14H,1-2H2. The van der Waals surface area contributed by atoms with E-state index >= 15 is 0 Å². The molecule has 1 aromatic rings. The third-order valence-corrected chi connectivity index (χ3v) is 1.65. The Bertz CT molecular complexity index is 301. The Hall–Kier alpha value is -0.970. The molecular weight excluding hydrogens is 217 g/mol. The van der Waals surface area contributed by atoms with Crippen LogP contribution in [0.5, 0.6) is 0 Å². The summed E-state index contributed by atoms with van der Waals surface area (Å²) < 4.78 is 35.3. The van der Waals surface area contributed by atoms with Crippen LogP contribution in [0.25, 0.3) is 0 Å². The molecular formula is C8H8ClF3N2. The van der Waals surface area contributed by atoms with E-state index in [9.17, 15) is 13.2 Å². The van der Waals surface area contributed by atoms with Crippen LogP contribution in [-0.4, -0.2) is 17.7 Å². The van der Waals surface area contributed by atoms with Crippen LogP contribution >= 0.6 is 11.6 Å². The molecule has 0 aromatic carbocycles. The van der Waals surface area contributed by atoms with Gasteiger partial charge in [-0.25, -0.2) is 0 Å². The fraction of sp³-hybridized carbons (Fsp3) is 0.375. The molecule has 0 amide bonds. The zero-order chi connectivity index (χ0) is 10.6.